The molecule has 0 bridgehead atoms. The SMILES string of the molecule is c1ccc(-c2cc(-c3ccc(N4c5ccccc5-c5nc(-c6ccccc6)nc6cccc4c56)cc3)nc(-c3ccccc3)n2)cc1.c1ccc(-c2cc3c4c(cccc4c2)N(c2ccc(-c4cc(-c5ccccc5)nc(-c5ccccc5)n4)cc2)c2cncnc2-3)cc1.c1ccc(-c2cc3c4c(ncnc4c2)N(c2ccc(-c4cc(-c5ccccc5)nc(-c5ccccc5)n4)cc2)c2ccccc2-3)cc1. The molecule has 9 heterocycles. The van der Waals surface area contributed by atoms with E-state index in [1.54, 1.807) is 12.7 Å². The molecule has 18 aromatic carbocycles. The number of fused-ring (bicyclic) bond motifs is 6. The summed E-state index contributed by atoms with van der Waals surface area (Å²) in [5.41, 5.74) is 36.6. The van der Waals surface area contributed by atoms with Gasteiger partial charge in [0.15, 0.2) is 23.3 Å². The molecule has 24 aromatic rings. The Bertz CT molecular complexity index is 7820. The zero-order chi connectivity index (χ0) is 93.5. The first-order valence-corrected chi connectivity index (χ1v) is 46.9. The molecule has 6 aromatic heterocycles. The van der Waals surface area contributed by atoms with Gasteiger partial charge in [-0.05, 0) is 142 Å². The average molecular weight is 1810 g/mol. The molecule has 0 spiro atoms. The highest BCUT2D eigenvalue weighted by molar-refractivity contribution is 6.16. The Morgan fingerprint density at radius 2 is 0.518 bits per heavy atom. The summed E-state index contributed by atoms with van der Waals surface area (Å²) < 4.78 is 0. The van der Waals surface area contributed by atoms with E-state index in [9.17, 15) is 0 Å². The van der Waals surface area contributed by atoms with E-state index >= 15 is 0 Å². The number of nitrogens with zero attached hydrogens (tertiary/aromatic N) is 15. The van der Waals surface area contributed by atoms with Crippen molar-refractivity contribution in [2.45, 2.75) is 0 Å². The Kier molecular flexibility index (Phi) is 21.6. The van der Waals surface area contributed by atoms with Crippen LogP contribution in [0.5, 0.6) is 0 Å². The molecule has 3 aliphatic heterocycles. The van der Waals surface area contributed by atoms with Crippen LogP contribution in [0.4, 0.5) is 51.3 Å². The van der Waals surface area contributed by atoms with Gasteiger partial charge in [-0.15, -0.1) is 0 Å². The molecule has 141 heavy (non-hydrogen) atoms. The van der Waals surface area contributed by atoms with Gasteiger partial charge >= 0.3 is 0 Å². The third-order valence-corrected chi connectivity index (χ3v) is 26.1. The van der Waals surface area contributed by atoms with Crippen LogP contribution in [0.15, 0.2) is 492 Å². The van der Waals surface area contributed by atoms with Crippen LogP contribution < -0.4 is 14.7 Å². The van der Waals surface area contributed by atoms with Crippen molar-refractivity contribution < 1.29 is 0 Å². The van der Waals surface area contributed by atoms with Gasteiger partial charge in [-0.3, -0.25) is 4.90 Å². The Hall–Kier alpha value is -19.4. The smallest absolute Gasteiger partial charge is 0.160 e. The molecule has 27 rings (SSSR count). The minimum Gasteiger partial charge on any atom is -0.309 e. The molecule has 15 nitrogen and oxygen atoms in total. The summed E-state index contributed by atoms with van der Waals surface area (Å²) >= 11 is 0. The molecular weight excluding hydrogens is 1720 g/mol. The van der Waals surface area contributed by atoms with E-state index in [0.717, 1.165) is 214 Å². The Labute approximate surface area is 814 Å². The summed E-state index contributed by atoms with van der Waals surface area (Å²) in [5.74, 6) is 3.70. The summed E-state index contributed by atoms with van der Waals surface area (Å²) in [7, 11) is 0. The highest BCUT2D eigenvalue weighted by Gasteiger charge is 2.33. The molecule has 0 unspecified atom stereocenters. The summed E-state index contributed by atoms with van der Waals surface area (Å²) in [5, 5.41) is 4.45. The zero-order valence-corrected chi connectivity index (χ0v) is 76.0. The van der Waals surface area contributed by atoms with Gasteiger partial charge in [0.1, 0.15) is 18.5 Å². The quantitative estimate of drug-likeness (QED) is 0.0951. The van der Waals surface area contributed by atoms with E-state index < -0.39 is 0 Å². The molecule has 0 amide bonds. The van der Waals surface area contributed by atoms with E-state index in [4.69, 9.17) is 54.8 Å². The van der Waals surface area contributed by atoms with Crippen molar-refractivity contribution in [3.63, 3.8) is 0 Å². The van der Waals surface area contributed by atoms with Crippen LogP contribution in [0.1, 0.15) is 0 Å². The number of para-hydroxylation sites is 2. The fraction of sp³-hybridized carbons (Fsp3) is 0. The topological polar surface area (TPSA) is 164 Å². The fourth-order valence-electron chi connectivity index (χ4n) is 19.4. The summed E-state index contributed by atoms with van der Waals surface area (Å²) in [6.07, 6.45) is 5.22. The molecule has 0 fully saturated rings. The molecule has 0 aliphatic carbocycles. The van der Waals surface area contributed by atoms with Crippen molar-refractivity contribution in [3.05, 3.63) is 492 Å². The summed E-state index contributed by atoms with van der Waals surface area (Å²) in [6.45, 7) is 0. The van der Waals surface area contributed by atoms with Crippen LogP contribution in [0.25, 0.3) is 202 Å². The van der Waals surface area contributed by atoms with Gasteiger partial charge < -0.3 is 9.80 Å². The van der Waals surface area contributed by atoms with E-state index in [1.807, 2.05) is 170 Å². The van der Waals surface area contributed by atoms with Gasteiger partial charge in [-0.1, -0.05) is 364 Å². The van der Waals surface area contributed by atoms with E-state index in [-0.39, 0.29) is 0 Å². The van der Waals surface area contributed by atoms with Crippen LogP contribution in [0.2, 0.25) is 0 Å². The molecule has 0 saturated heterocycles. The van der Waals surface area contributed by atoms with Gasteiger partial charge in [0.05, 0.1) is 102 Å². The minimum absolute atomic E-state index is 0.700. The molecule has 0 radical (unpaired) electrons. The van der Waals surface area contributed by atoms with Gasteiger partial charge in [0.2, 0.25) is 0 Å². The van der Waals surface area contributed by atoms with Crippen LogP contribution in [-0.2, 0) is 0 Å². The summed E-state index contributed by atoms with van der Waals surface area (Å²) in [4.78, 5) is 65.8. The van der Waals surface area contributed by atoms with E-state index in [1.165, 1.54) is 21.9 Å². The first kappa shape index (κ1) is 83.4. The predicted octanol–water partition coefficient (Wildman–Crippen LogP) is 31.6. The van der Waals surface area contributed by atoms with Gasteiger partial charge in [0, 0.05) is 94.8 Å². The lowest BCUT2D eigenvalue weighted by molar-refractivity contribution is 1.13. The highest BCUT2D eigenvalue weighted by Crippen LogP contribution is 2.55. The molecule has 0 N–H and O–H groups in total. The second-order valence-corrected chi connectivity index (χ2v) is 34.7. The van der Waals surface area contributed by atoms with Crippen molar-refractivity contribution in [2.24, 2.45) is 0 Å². The highest BCUT2D eigenvalue weighted by atomic mass is 15.2. The van der Waals surface area contributed by atoms with Gasteiger partial charge in [-0.2, -0.15) is 0 Å². The Morgan fingerprint density at radius 3 is 0.972 bits per heavy atom. The number of aromatic nitrogens is 12. The van der Waals surface area contributed by atoms with E-state index in [2.05, 4.69) is 329 Å². The van der Waals surface area contributed by atoms with Gasteiger partial charge in [-0.25, -0.2) is 59.8 Å². The molecule has 0 saturated carbocycles. The maximum Gasteiger partial charge on any atom is 0.160 e. The lowest BCUT2D eigenvalue weighted by atomic mass is 9.90. The largest absolute Gasteiger partial charge is 0.309 e. The Balaban J connectivity index is 0.000000111. The predicted molar refractivity (Wildman–Crippen MR) is 572 cm³/mol. The van der Waals surface area contributed by atoms with Crippen molar-refractivity contribution in [2.75, 3.05) is 14.7 Å². The molecule has 3 aliphatic rings. The zero-order valence-electron chi connectivity index (χ0n) is 76.0. The number of hydrogen-bond acceptors (Lipinski definition) is 15. The molecule has 660 valence electrons. The standard InChI is InChI=1S/3C42H27N5/c1-4-13-28(14-5-1)35-27-36(45-41(44-35)30-15-6-2-7-16-30)29-23-25-32(26-24-29)47-37-21-11-10-19-33(37)40-39-34(20-12-22-38(39)47)43-42(46-40)31-17-8-3-9-18-31;1-4-12-28(13-5-1)32-24-35-34-18-10-11-19-39(34)47(42-40(35)38(25-32)43-27-44-42)33-22-20-30(21-23-33)37-26-36(29-14-6-2-7-15-29)45-41(46-37)31-16-8-3-9-17-31;1-4-11-28(12-5-1)33-23-32-17-10-18-38-40(32)35(24-33)41-39(26-43-27-44-41)47(38)34-21-19-30(20-22-34)37-25-36(29-13-6-2-7-14-29)45-42(46-37)31-15-8-3-9-16-31/h3*1-27H. The average Bonchev–Trinajstić information content (AvgIpc) is 0.728. The summed E-state index contributed by atoms with van der Waals surface area (Å²) in [6, 6.07) is 163. The van der Waals surface area contributed by atoms with Crippen molar-refractivity contribution >= 4 is 83.9 Å². The number of anilines is 9. The van der Waals surface area contributed by atoms with Crippen molar-refractivity contribution in [1.29, 1.82) is 0 Å². The molecular formula is C126H81N15. The second-order valence-electron chi connectivity index (χ2n) is 34.7. The van der Waals surface area contributed by atoms with E-state index in [0.29, 0.717) is 17.5 Å². The van der Waals surface area contributed by atoms with Crippen molar-refractivity contribution in [3.8, 4) is 169 Å². The number of rotatable bonds is 15. The van der Waals surface area contributed by atoms with Gasteiger partial charge in [0.25, 0.3) is 0 Å². The van der Waals surface area contributed by atoms with Crippen LogP contribution in [0.3, 0.4) is 0 Å². The fourth-order valence-corrected chi connectivity index (χ4v) is 19.4. The maximum atomic E-state index is 5.14. The van der Waals surface area contributed by atoms with Crippen LogP contribution in [0, 0.1) is 0 Å². The Morgan fingerprint density at radius 1 is 0.170 bits per heavy atom. The van der Waals surface area contributed by atoms with Crippen LogP contribution >= 0.6 is 0 Å². The second kappa shape index (κ2) is 36.4. The minimum atomic E-state index is 0.700. The third kappa shape index (κ3) is 16.0. The van der Waals surface area contributed by atoms with Crippen LogP contribution in [-0.4, -0.2) is 59.8 Å². The normalized spacial score (nSPS) is 11.8. The lowest BCUT2D eigenvalue weighted by Gasteiger charge is -2.33. The third-order valence-electron chi connectivity index (χ3n) is 26.1. The lowest BCUT2D eigenvalue weighted by Crippen LogP contribution is -2.16. The molecule has 0 atom stereocenters. The molecule has 15 heteroatoms. The monoisotopic (exact) mass is 1800 g/mol. The first-order valence-electron chi connectivity index (χ1n) is 46.9. The van der Waals surface area contributed by atoms with Crippen molar-refractivity contribution in [1.82, 2.24) is 59.8 Å². The number of hydrogen-bond donors (Lipinski definition) is 0. The first-order chi connectivity index (χ1) is 69.9. The maximum absolute atomic E-state index is 5.14. The number of benzene rings is 18.